The van der Waals surface area contributed by atoms with Gasteiger partial charge in [0, 0.05) is 0 Å². The van der Waals surface area contributed by atoms with Crippen LogP contribution in [0.5, 0.6) is 5.75 Å². The number of carbonyl (C=O) groups is 1. The third kappa shape index (κ3) is 2.55. The zero-order valence-corrected chi connectivity index (χ0v) is 13.0. The summed E-state index contributed by atoms with van der Waals surface area (Å²) in [5, 5.41) is 1.51. The number of pyridine rings is 1. The Morgan fingerprint density at radius 3 is 2.75 bits per heavy atom. The fourth-order valence-electron chi connectivity index (χ4n) is 1.91. The summed E-state index contributed by atoms with van der Waals surface area (Å²) in [6, 6.07) is 5.46. The highest BCUT2D eigenvalue weighted by molar-refractivity contribution is 7.99. The number of aromatic nitrogens is 1. The molecule has 0 amide bonds. The molecule has 106 valence electrons. The van der Waals surface area contributed by atoms with Gasteiger partial charge in [0.05, 0.1) is 30.1 Å². The second-order valence-corrected chi connectivity index (χ2v) is 5.52. The number of benzene rings is 1. The predicted molar refractivity (Wildman–Crippen MR) is 81.0 cm³/mol. The molecule has 0 aliphatic carbocycles. The molecule has 0 bridgehead atoms. The first-order valence-corrected chi connectivity index (χ1v) is 7.37. The van der Waals surface area contributed by atoms with Crippen LogP contribution in [-0.4, -0.2) is 30.9 Å². The standard InChI is InChI=1S/C14H14ClNO3S/c1-4-20-13-11(14(17)19-3)12(15)10-8(16-13)6-5-7-9(10)18-2/h5-7H,4H2,1-3H3. The van der Waals surface area contributed by atoms with Gasteiger partial charge in [0.1, 0.15) is 16.3 Å². The van der Waals surface area contributed by atoms with Crippen molar-refractivity contribution in [1.29, 1.82) is 0 Å². The van der Waals surface area contributed by atoms with Gasteiger partial charge >= 0.3 is 5.97 Å². The molecule has 0 aliphatic heterocycles. The Kier molecular flexibility index (Phi) is 4.73. The second kappa shape index (κ2) is 6.33. The Bertz CT molecular complexity index is 660. The van der Waals surface area contributed by atoms with Crippen molar-refractivity contribution in [2.24, 2.45) is 0 Å². The molecule has 0 unspecified atom stereocenters. The molecule has 4 nitrogen and oxygen atoms in total. The summed E-state index contributed by atoms with van der Waals surface area (Å²) in [5.41, 5.74) is 0.982. The van der Waals surface area contributed by atoms with E-state index in [0.717, 1.165) is 5.75 Å². The van der Waals surface area contributed by atoms with Crippen molar-refractivity contribution in [2.45, 2.75) is 11.9 Å². The fraction of sp³-hybridized carbons (Fsp3) is 0.286. The molecule has 2 rings (SSSR count). The highest BCUT2D eigenvalue weighted by Crippen LogP contribution is 2.37. The van der Waals surface area contributed by atoms with Crippen molar-refractivity contribution < 1.29 is 14.3 Å². The average Bonchev–Trinajstić information content (AvgIpc) is 2.46. The van der Waals surface area contributed by atoms with Crippen LogP contribution in [0, 0.1) is 0 Å². The van der Waals surface area contributed by atoms with E-state index in [1.54, 1.807) is 13.2 Å². The Morgan fingerprint density at radius 2 is 2.15 bits per heavy atom. The van der Waals surface area contributed by atoms with Gasteiger partial charge in [-0.1, -0.05) is 24.6 Å². The molecule has 0 radical (unpaired) electrons. The maximum atomic E-state index is 12.0. The van der Waals surface area contributed by atoms with E-state index in [9.17, 15) is 4.79 Å². The molecule has 0 N–H and O–H groups in total. The van der Waals surface area contributed by atoms with Crippen molar-refractivity contribution in [3.8, 4) is 5.75 Å². The number of halogens is 1. The number of nitrogens with zero attached hydrogens (tertiary/aromatic N) is 1. The van der Waals surface area contributed by atoms with Gasteiger partial charge in [-0.15, -0.1) is 11.8 Å². The predicted octanol–water partition coefficient (Wildman–Crippen LogP) is 3.80. The van der Waals surface area contributed by atoms with Crippen LogP contribution in [0.25, 0.3) is 10.9 Å². The first kappa shape index (κ1) is 14.9. The molecule has 20 heavy (non-hydrogen) atoms. The Balaban J connectivity index is 2.82. The molecule has 1 heterocycles. The summed E-state index contributed by atoms with van der Waals surface area (Å²) in [6.45, 7) is 1.98. The van der Waals surface area contributed by atoms with Crippen LogP contribution in [0.1, 0.15) is 17.3 Å². The van der Waals surface area contributed by atoms with Crippen molar-refractivity contribution >= 4 is 40.2 Å². The minimum absolute atomic E-state index is 0.290. The van der Waals surface area contributed by atoms with Crippen LogP contribution in [0.4, 0.5) is 0 Å². The van der Waals surface area contributed by atoms with E-state index in [0.29, 0.717) is 26.7 Å². The first-order valence-electron chi connectivity index (χ1n) is 6.01. The van der Waals surface area contributed by atoms with Crippen LogP contribution in [0.3, 0.4) is 0 Å². The summed E-state index contributed by atoms with van der Waals surface area (Å²) in [7, 11) is 2.88. The van der Waals surface area contributed by atoms with Gasteiger partial charge in [-0.25, -0.2) is 9.78 Å². The number of fused-ring (bicyclic) bond motifs is 1. The van der Waals surface area contributed by atoms with Crippen molar-refractivity contribution in [2.75, 3.05) is 20.0 Å². The Hall–Kier alpha value is -1.46. The van der Waals surface area contributed by atoms with Crippen molar-refractivity contribution in [3.63, 3.8) is 0 Å². The summed E-state index contributed by atoms with van der Waals surface area (Å²) in [5.74, 6) is 0.868. The molecule has 6 heteroatoms. The van der Waals surface area contributed by atoms with E-state index in [2.05, 4.69) is 4.98 Å². The first-order chi connectivity index (χ1) is 9.63. The highest BCUT2D eigenvalue weighted by atomic mass is 35.5. The lowest BCUT2D eigenvalue weighted by molar-refractivity contribution is 0.0596. The Labute approximate surface area is 126 Å². The molecular formula is C14H14ClNO3S. The summed E-state index contributed by atoms with van der Waals surface area (Å²) >= 11 is 7.86. The third-order valence-corrected chi connectivity index (χ3v) is 4.01. The number of ether oxygens (including phenoxy) is 2. The molecule has 2 aromatic rings. The van der Waals surface area contributed by atoms with Crippen LogP contribution in [-0.2, 0) is 4.74 Å². The molecule has 0 fully saturated rings. The zero-order chi connectivity index (χ0) is 14.7. The number of rotatable bonds is 4. The number of hydrogen-bond acceptors (Lipinski definition) is 5. The van der Waals surface area contributed by atoms with Gasteiger partial charge in [0.15, 0.2) is 0 Å². The summed E-state index contributed by atoms with van der Waals surface area (Å²) in [6.07, 6.45) is 0. The van der Waals surface area contributed by atoms with E-state index in [1.165, 1.54) is 18.9 Å². The maximum absolute atomic E-state index is 12.0. The molecule has 1 aromatic carbocycles. The van der Waals surface area contributed by atoms with Gasteiger partial charge in [0.25, 0.3) is 0 Å². The highest BCUT2D eigenvalue weighted by Gasteiger charge is 2.22. The summed E-state index contributed by atoms with van der Waals surface area (Å²) < 4.78 is 10.1. The lowest BCUT2D eigenvalue weighted by atomic mass is 10.1. The van der Waals surface area contributed by atoms with Crippen LogP contribution in [0.15, 0.2) is 23.2 Å². The Morgan fingerprint density at radius 1 is 1.40 bits per heavy atom. The second-order valence-electron chi connectivity index (χ2n) is 3.88. The van der Waals surface area contributed by atoms with Gasteiger partial charge in [-0.05, 0) is 17.9 Å². The minimum atomic E-state index is -0.494. The molecule has 0 saturated carbocycles. The van der Waals surface area contributed by atoms with E-state index >= 15 is 0 Å². The van der Waals surface area contributed by atoms with Gasteiger partial charge in [-0.2, -0.15) is 0 Å². The van der Waals surface area contributed by atoms with E-state index in [1.807, 2.05) is 19.1 Å². The monoisotopic (exact) mass is 311 g/mol. The molecule has 0 saturated heterocycles. The number of esters is 1. The molecule has 1 aromatic heterocycles. The number of thioether (sulfide) groups is 1. The molecular weight excluding hydrogens is 298 g/mol. The lowest BCUT2D eigenvalue weighted by Gasteiger charge is -2.13. The normalized spacial score (nSPS) is 10.6. The van der Waals surface area contributed by atoms with Gasteiger partial charge in [0.2, 0.25) is 0 Å². The van der Waals surface area contributed by atoms with Crippen LogP contribution >= 0.6 is 23.4 Å². The largest absolute Gasteiger partial charge is 0.496 e. The summed E-state index contributed by atoms with van der Waals surface area (Å²) in [4.78, 5) is 16.5. The van der Waals surface area contributed by atoms with Crippen molar-refractivity contribution in [1.82, 2.24) is 4.98 Å². The van der Waals surface area contributed by atoms with Crippen LogP contribution < -0.4 is 4.74 Å². The smallest absolute Gasteiger partial charge is 0.342 e. The minimum Gasteiger partial charge on any atom is -0.496 e. The average molecular weight is 312 g/mol. The fourth-order valence-corrected chi connectivity index (χ4v) is 3.09. The SMILES string of the molecule is CCSc1nc2cccc(OC)c2c(Cl)c1C(=O)OC. The quantitative estimate of drug-likeness (QED) is 0.635. The molecule has 0 spiro atoms. The molecule has 0 aliphatic rings. The topological polar surface area (TPSA) is 48.4 Å². The third-order valence-electron chi connectivity index (χ3n) is 2.77. The van der Waals surface area contributed by atoms with E-state index in [4.69, 9.17) is 21.1 Å². The number of methoxy groups -OCH3 is 2. The zero-order valence-electron chi connectivity index (χ0n) is 11.4. The maximum Gasteiger partial charge on any atom is 0.342 e. The lowest BCUT2D eigenvalue weighted by Crippen LogP contribution is -2.07. The number of carbonyl (C=O) groups excluding carboxylic acids is 1. The van der Waals surface area contributed by atoms with Gasteiger partial charge < -0.3 is 9.47 Å². The van der Waals surface area contributed by atoms with Crippen molar-refractivity contribution in [3.05, 3.63) is 28.8 Å². The van der Waals surface area contributed by atoms with Gasteiger partial charge in [-0.3, -0.25) is 0 Å². The van der Waals surface area contributed by atoms with Crippen LogP contribution in [0.2, 0.25) is 5.02 Å². The molecule has 0 atom stereocenters. The van der Waals surface area contributed by atoms with E-state index < -0.39 is 5.97 Å². The number of hydrogen-bond donors (Lipinski definition) is 0. The van der Waals surface area contributed by atoms with E-state index in [-0.39, 0.29) is 5.56 Å².